The van der Waals surface area contributed by atoms with Gasteiger partial charge in [-0.3, -0.25) is 9.79 Å². The van der Waals surface area contributed by atoms with Gasteiger partial charge in [0.2, 0.25) is 0 Å². The molecule has 1 aromatic carbocycles. The Morgan fingerprint density at radius 3 is 2.63 bits per heavy atom. The number of carbonyl (C=O) groups is 1. The number of fused-ring (bicyclic) bond motifs is 1. The van der Waals surface area contributed by atoms with Crippen LogP contribution in [-0.2, 0) is 0 Å². The first kappa shape index (κ1) is 14.0. The zero-order chi connectivity index (χ0) is 13.7. The summed E-state index contributed by atoms with van der Waals surface area (Å²) in [6.45, 7) is 4.21. The average molecular weight is 257 g/mol. The van der Waals surface area contributed by atoms with E-state index < -0.39 is 0 Å². The Labute approximate surface area is 115 Å². The number of ketones is 1. The maximum atomic E-state index is 12.3. The predicted molar refractivity (Wildman–Crippen MR) is 80.4 cm³/mol. The molecule has 1 atom stereocenters. The van der Waals surface area contributed by atoms with Gasteiger partial charge in [0, 0.05) is 11.3 Å². The molecule has 0 N–H and O–H groups in total. The Bertz CT molecular complexity index is 476. The van der Waals surface area contributed by atoms with Crippen LogP contribution < -0.4 is 0 Å². The molecule has 0 aliphatic carbocycles. The Hall–Kier alpha value is -1.44. The van der Waals surface area contributed by atoms with E-state index in [-0.39, 0.29) is 11.7 Å². The highest BCUT2D eigenvalue weighted by atomic mass is 16.1. The zero-order valence-electron chi connectivity index (χ0n) is 12.0. The van der Waals surface area contributed by atoms with Gasteiger partial charge in [-0.25, -0.2) is 0 Å². The van der Waals surface area contributed by atoms with Gasteiger partial charge in [0.05, 0.1) is 11.6 Å². The Morgan fingerprint density at radius 2 is 1.84 bits per heavy atom. The molecule has 1 aliphatic heterocycles. The summed E-state index contributed by atoms with van der Waals surface area (Å²) in [6, 6.07) is 7.69. The fraction of sp³-hybridized carbons (Fsp3) is 0.529. The molecule has 0 aromatic heterocycles. The van der Waals surface area contributed by atoms with E-state index in [4.69, 9.17) is 4.99 Å². The monoisotopic (exact) mass is 257 g/mol. The van der Waals surface area contributed by atoms with E-state index in [2.05, 4.69) is 6.92 Å². The first-order valence-electron chi connectivity index (χ1n) is 7.44. The quantitative estimate of drug-likeness (QED) is 0.663. The molecule has 0 amide bonds. The second-order valence-corrected chi connectivity index (χ2v) is 5.37. The highest BCUT2D eigenvalue weighted by Gasteiger charge is 2.26. The zero-order valence-corrected chi connectivity index (χ0v) is 12.0. The van der Waals surface area contributed by atoms with E-state index in [1.165, 1.54) is 25.7 Å². The minimum atomic E-state index is -0.0407. The third-order valence-electron chi connectivity index (χ3n) is 3.86. The van der Waals surface area contributed by atoms with Gasteiger partial charge in [0.15, 0.2) is 5.78 Å². The van der Waals surface area contributed by atoms with Gasteiger partial charge in [0.1, 0.15) is 0 Å². The third kappa shape index (κ3) is 3.31. The smallest absolute Gasteiger partial charge is 0.173 e. The summed E-state index contributed by atoms with van der Waals surface area (Å²) in [7, 11) is 0. The molecule has 102 valence electrons. The van der Waals surface area contributed by atoms with Crippen molar-refractivity contribution >= 4 is 17.2 Å². The van der Waals surface area contributed by atoms with Crippen LogP contribution in [0.5, 0.6) is 0 Å². The number of nitrogens with zero attached hydrogens (tertiary/aromatic N) is 1. The maximum Gasteiger partial charge on any atom is 0.173 e. The summed E-state index contributed by atoms with van der Waals surface area (Å²) in [5.74, 6) is 0.190. The number of hydrogen-bond donors (Lipinski definition) is 0. The van der Waals surface area contributed by atoms with Gasteiger partial charge in [-0.2, -0.15) is 0 Å². The van der Waals surface area contributed by atoms with Gasteiger partial charge in [-0.15, -0.1) is 0 Å². The van der Waals surface area contributed by atoms with Crippen molar-refractivity contribution in [2.45, 2.75) is 52.4 Å². The number of aliphatic imine (C=N–C) groups is 1. The SMILES string of the molecule is CCCCCCCC1=Nc2ccccc2C(=O)C1C. The minimum absolute atomic E-state index is 0.0407. The standard InChI is InChI=1S/C17H23NO/c1-3-4-5-6-7-11-15-13(2)17(19)14-10-8-9-12-16(14)18-15/h8-10,12-13H,3-7,11H2,1-2H3. The molecule has 0 saturated carbocycles. The Balaban J connectivity index is 2.01. The van der Waals surface area contributed by atoms with Gasteiger partial charge in [-0.05, 0) is 31.9 Å². The predicted octanol–water partition coefficient (Wildman–Crippen LogP) is 4.95. The van der Waals surface area contributed by atoms with Crippen molar-refractivity contribution in [3.05, 3.63) is 29.8 Å². The van der Waals surface area contributed by atoms with Gasteiger partial charge >= 0.3 is 0 Å². The average Bonchev–Trinajstić information content (AvgIpc) is 2.44. The van der Waals surface area contributed by atoms with Crippen LogP contribution in [0.3, 0.4) is 0 Å². The number of rotatable bonds is 6. The van der Waals surface area contributed by atoms with Crippen molar-refractivity contribution in [3.63, 3.8) is 0 Å². The Morgan fingerprint density at radius 1 is 1.11 bits per heavy atom. The highest BCUT2D eigenvalue weighted by molar-refractivity contribution is 6.17. The van der Waals surface area contributed by atoms with Crippen molar-refractivity contribution in [1.29, 1.82) is 0 Å². The fourth-order valence-electron chi connectivity index (χ4n) is 2.60. The first-order valence-corrected chi connectivity index (χ1v) is 7.44. The molecule has 0 spiro atoms. The van der Waals surface area contributed by atoms with E-state index in [0.29, 0.717) is 0 Å². The van der Waals surface area contributed by atoms with Crippen molar-refractivity contribution in [1.82, 2.24) is 0 Å². The number of para-hydroxylation sites is 1. The summed E-state index contributed by atoms with van der Waals surface area (Å²) in [5.41, 5.74) is 2.71. The van der Waals surface area contributed by atoms with Gasteiger partial charge in [-0.1, -0.05) is 44.7 Å². The summed E-state index contributed by atoms with van der Waals surface area (Å²) >= 11 is 0. The van der Waals surface area contributed by atoms with Crippen LogP contribution >= 0.6 is 0 Å². The van der Waals surface area contributed by atoms with E-state index in [0.717, 1.165) is 29.8 Å². The summed E-state index contributed by atoms with van der Waals surface area (Å²) in [5, 5.41) is 0. The van der Waals surface area contributed by atoms with E-state index in [1.54, 1.807) is 0 Å². The molecule has 0 radical (unpaired) electrons. The first-order chi connectivity index (χ1) is 9.24. The van der Waals surface area contributed by atoms with Crippen molar-refractivity contribution in [2.75, 3.05) is 0 Å². The van der Waals surface area contributed by atoms with Crippen molar-refractivity contribution < 1.29 is 4.79 Å². The lowest BCUT2D eigenvalue weighted by Gasteiger charge is -2.20. The topological polar surface area (TPSA) is 29.4 Å². The van der Waals surface area contributed by atoms with Crippen LogP contribution in [0.2, 0.25) is 0 Å². The lowest BCUT2D eigenvalue weighted by molar-refractivity contribution is 0.0959. The molecule has 1 unspecified atom stereocenters. The van der Waals surface area contributed by atoms with Crippen LogP contribution in [0, 0.1) is 5.92 Å². The largest absolute Gasteiger partial charge is 0.293 e. The molecule has 1 heterocycles. The number of Topliss-reactive ketones (excluding diaryl/α,β-unsaturated/α-hetero) is 1. The van der Waals surface area contributed by atoms with Gasteiger partial charge < -0.3 is 0 Å². The second kappa shape index (κ2) is 6.65. The minimum Gasteiger partial charge on any atom is -0.293 e. The van der Waals surface area contributed by atoms with Crippen molar-refractivity contribution in [3.8, 4) is 0 Å². The molecule has 0 saturated heterocycles. The lowest BCUT2D eigenvalue weighted by atomic mass is 9.88. The summed E-state index contributed by atoms with van der Waals surface area (Å²) in [4.78, 5) is 17.0. The number of benzene rings is 1. The number of carbonyl (C=O) groups excluding carboxylic acids is 1. The van der Waals surface area contributed by atoms with E-state index in [1.807, 2.05) is 31.2 Å². The molecule has 0 fully saturated rings. The fourth-order valence-corrected chi connectivity index (χ4v) is 2.60. The summed E-state index contributed by atoms with van der Waals surface area (Å²) in [6.07, 6.45) is 7.23. The molecular formula is C17H23NO. The molecule has 2 heteroatoms. The molecule has 1 aromatic rings. The molecule has 19 heavy (non-hydrogen) atoms. The van der Waals surface area contributed by atoms with Crippen LogP contribution in [0.15, 0.2) is 29.3 Å². The van der Waals surface area contributed by atoms with Gasteiger partial charge in [0.25, 0.3) is 0 Å². The molecule has 1 aliphatic rings. The highest BCUT2D eigenvalue weighted by Crippen LogP contribution is 2.29. The number of hydrogen-bond acceptors (Lipinski definition) is 2. The molecule has 0 bridgehead atoms. The Kier molecular flexibility index (Phi) is 4.89. The van der Waals surface area contributed by atoms with E-state index in [9.17, 15) is 4.79 Å². The van der Waals surface area contributed by atoms with E-state index >= 15 is 0 Å². The van der Waals surface area contributed by atoms with Crippen LogP contribution in [0.25, 0.3) is 0 Å². The van der Waals surface area contributed by atoms with Crippen LogP contribution in [-0.4, -0.2) is 11.5 Å². The van der Waals surface area contributed by atoms with Crippen LogP contribution in [0.1, 0.15) is 62.7 Å². The summed E-state index contributed by atoms with van der Waals surface area (Å²) < 4.78 is 0. The molecule has 2 nitrogen and oxygen atoms in total. The number of unbranched alkanes of at least 4 members (excludes halogenated alkanes) is 4. The van der Waals surface area contributed by atoms with Crippen molar-refractivity contribution in [2.24, 2.45) is 10.9 Å². The third-order valence-corrected chi connectivity index (χ3v) is 3.86. The normalized spacial score (nSPS) is 18.1. The maximum absolute atomic E-state index is 12.3. The molecule has 2 rings (SSSR count). The second-order valence-electron chi connectivity index (χ2n) is 5.37. The lowest BCUT2D eigenvalue weighted by Crippen LogP contribution is -2.24. The van der Waals surface area contributed by atoms with Crippen LogP contribution in [0.4, 0.5) is 5.69 Å². The molecular weight excluding hydrogens is 234 g/mol.